The van der Waals surface area contributed by atoms with Gasteiger partial charge in [-0.2, -0.15) is 0 Å². The molecule has 0 aromatic heterocycles. The van der Waals surface area contributed by atoms with Crippen LogP contribution in [0.25, 0.3) is 10.8 Å². The molecule has 0 bridgehead atoms. The van der Waals surface area contributed by atoms with Gasteiger partial charge in [-0.3, -0.25) is 0 Å². The molecule has 0 aliphatic rings. The van der Waals surface area contributed by atoms with E-state index in [-0.39, 0.29) is 5.97 Å². The number of benzene rings is 2. The van der Waals surface area contributed by atoms with Gasteiger partial charge in [0, 0.05) is 4.47 Å². The maximum absolute atomic E-state index is 12.1. The van der Waals surface area contributed by atoms with Gasteiger partial charge in [-0.05, 0) is 59.6 Å². The molecule has 0 N–H and O–H groups in total. The van der Waals surface area contributed by atoms with Gasteiger partial charge in [0.05, 0.1) is 5.56 Å². The van der Waals surface area contributed by atoms with Gasteiger partial charge in [-0.15, -0.1) is 0 Å². The molecular weight excluding hydrogens is 292 g/mol. The van der Waals surface area contributed by atoms with Gasteiger partial charge < -0.3 is 4.74 Å². The van der Waals surface area contributed by atoms with Crippen LogP contribution in [-0.4, -0.2) is 11.6 Å². The van der Waals surface area contributed by atoms with Gasteiger partial charge in [0.2, 0.25) is 0 Å². The Labute approximate surface area is 115 Å². The van der Waals surface area contributed by atoms with Gasteiger partial charge >= 0.3 is 5.97 Å². The van der Waals surface area contributed by atoms with Crippen LogP contribution < -0.4 is 0 Å². The van der Waals surface area contributed by atoms with Gasteiger partial charge in [-0.25, -0.2) is 4.79 Å². The lowest BCUT2D eigenvalue weighted by atomic mass is 10.1. The van der Waals surface area contributed by atoms with Crippen molar-refractivity contribution in [2.24, 2.45) is 0 Å². The molecule has 0 fully saturated rings. The van der Waals surface area contributed by atoms with E-state index >= 15 is 0 Å². The molecule has 0 saturated carbocycles. The fourth-order valence-electron chi connectivity index (χ4n) is 1.70. The van der Waals surface area contributed by atoms with Crippen molar-refractivity contribution in [1.29, 1.82) is 0 Å². The summed E-state index contributed by atoms with van der Waals surface area (Å²) in [4.78, 5) is 12.1. The smallest absolute Gasteiger partial charge is 0.339 e. The third kappa shape index (κ3) is 2.91. The summed E-state index contributed by atoms with van der Waals surface area (Å²) < 4.78 is 6.14. The van der Waals surface area contributed by atoms with Crippen molar-refractivity contribution in [3.8, 4) is 0 Å². The molecule has 0 aliphatic heterocycles. The minimum absolute atomic E-state index is 0.305. The Kier molecular flexibility index (Phi) is 3.44. The van der Waals surface area contributed by atoms with Gasteiger partial charge in [-0.1, -0.05) is 24.3 Å². The van der Waals surface area contributed by atoms with E-state index in [4.69, 9.17) is 4.74 Å². The summed E-state index contributed by atoms with van der Waals surface area (Å²) >= 11 is 3.42. The first-order valence-electron chi connectivity index (χ1n) is 5.78. The molecule has 0 atom stereocenters. The Morgan fingerprint density at radius 2 is 1.67 bits per heavy atom. The Morgan fingerprint density at radius 1 is 1.11 bits per heavy atom. The largest absolute Gasteiger partial charge is 0.456 e. The first kappa shape index (κ1) is 13.1. The fraction of sp³-hybridized carbons (Fsp3) is 0.267. The quantitative estimate of drug-likeness (QED) is 0.722. The number of fused-ring (bicyclic) bond motifs is 1. The minimum atomic E-state index is -0.484. The Morgan fingerprint density at radius 3 is 2.22 bits per heavy atom. The molecule has 0 heterocycles. The highest BCUT2D eigenvalue weighted by Gasteiger charge is 2.20. The van der Waals surface area contributed by atoms with E-state index in [1.54, 1.807) is 0 Å². The van der Waals surface area contributed by atoms with Crippen LogP contribution in [0, 0.1) is 0 Å². The van der Waals surface area contributed by atoms with E-state index in [2.05, 4.69) is 15.9 Å². The number of hydrogen-bond donors (Lipinski definition) is 0. The van der Waals surface area contributed by atoms with E-state index in [0.29, 0.717) is 5.56 Å². The second-order valence-electron chi connectivity index (χ2n) is 5.18. The normalized spacial score (nSPS) is 11.6. The highest BCUT2D eigenvalue weighted by molar-refractivity contribution is 9.10. The zero-order valence-corrected chi connectivity index (χ0v) is 12.2. The topological polar surface area (TPSA) is 26.3 Å². The van der Waals surface area contributed by atoms with Crippen LogP contribution in [0.1, 0.15) is 31.1 Å². The molecule has 2 nitrogen and oxygen atoms in total. The lowest BCUT2D eigenvalue weighted by molar-refractivity contribution is 0.00687. The van der Waals surface area contributed by atoms with E-state index in [1.807, 2.05) is 57.2 Å². The van der Waals surface area contributed by atoms with Crippen molar-refractivity contribution in [2.75, 3.05) is 0 Å². The number of carbonyl (C=O) groups excluding carboxylic acids is 1. The van der Waals surface area contributed by atoms with Crippen LogP contribution in [0.3, 0.4) is 0 Å². The number of esters is 1. The standard InChI is InChI=1S/C15H15BrO2/c1-15(2,3)18-14(17)12-8-10-6-4-5-7-11(10)9-13(12)16/h4-9H,1-3H3. The SMILES string of the molecule is CC(C)(C)OC(=O)c1cc2ccccc2cc1Br. The Hall–Kier alpha value is -1.35. The maximum atomic E-state index is 12.1. The maximum Gasteiger partial charge on any atom is 0.339 e. The molecule has 2 aromatic rings. The third-order valence-corrected chi connectivity index (χ3v) is 3.11. The average Bonchev–Trinajstić information content (AvgIpc) is 2.25. The number of hydrogen-bond acceptors (Lipinski definition) is 2. The average molecular weight is 307 g/mol. The van der Waals surface area contributed by atoms with Crippen molar-refractivity contribution < 1.29 is 9.53 Å². The molecule has 0 unspecified atom stereocenters. The van der Waals surface area contributed by atoms with E-state index in [0.717, 1.165) is 15.2 Å². The van der Waals surface area contributed by atoms with E-state index in [1.165, 1.54) is 0 Å². The Balaban J connectivity index is 2.45. The second kappa shape index (κ2) is 4.73. The van der Waals surface area contributed by atoms with Gasteiger partial charge in [0.15, 0.2) is 0 Å². The van der Waals surface area contributed by atoms with Crippen LogP contribution in [0.5, 0.6) is 0 Å². The summed E-state index contributed by atoms with van der Waals surface area (Å²) in [6.45, 7) is 5.58. The lowest BCUT2D eigenvalue weighted by Gasteiger charge is -2.20. The molecular formula is C15H15BrO2. The molecule has 0 amide bonds. The number of rotatable bonds is 1. The first-order chi connectivity index (χ1) is 8.37. The predicted molar refractivity (Wildman–Crippen MR) is 76.8 cm³/mol. The summed E-state index contributed by atoms with van der Waals surface area (Å²) in [6, 6.07) is 11.7. The Bertz CT molecular complexity index is 597. The van der Waals surface area contributed by atoms with Crippen LogP contribution >= 0.6 is 15.9 Å². The van der Waals surface area contributed by atoms with Crippen molar-refractivity contribution in [2.45, 2.75) is 26.4 Å². The monoisotopic (exact) mass is 306 g/mol. The minimum Gasteiger partial charge on any atom is -0.456 e. The highest BCUT2D eigenvalue weighted by Crippen LogP contribution is 2.26. The number of ether oxygens (including phenoxy) is 1. The van der Waals surface area contributed by atoms with Crippen LogP contribution in [0.15, 0.2) is 40.9 Å². The summed E-state index contributed by atoms with van der Waals surface area (Å²) in [7, 11) is 0. The summed E-state index contributed by atoms with van der Waals surface area (Å²) in [6.07, 6.45) is 0. The zero-order valence-electron chi connectivity index (χ0n) is 10.7. The van der Waals surface area contributed by atoms with Crippen molar-refractivity contribution in [3.05, 3.63) is 46.4 Å². The number of halogens is 1. The van der Waals surface area contributed by atoms with Crippen molar-refractivity contribution >= 4 is 32.7 Å². The van der Waals surface area contributed by atoms with Crippen molar-refractivity contribution in [3.63, 3.8) is 0 Å². The first-order valence-corrected chi connectivity index (χ1v) is 6.58. The zero-order chi connectivity index (χ0) is 13.3. The molecule has 0 spiro atoms. The molecule has 2 aromatic carbocycles. The predicted octanol–water partition coefficient (Wildman–Crippen LogP) is 4.56. The number of carbonyl (C=O) groups is 1. The summed E-state index contributed by atoms with van der Waals surface area (Å²) in [5.74, 6) is -0.305. The summed E-state index contributed by atoms with van der Waals surface area (Å²) in [5.41, 5.74) is 0.0750. The molecule has 0 saturated heterocycles. The van der Waals surface area contributed by atoms with Crippen LogP contribution in [-0.2, 0) is 4.74 Å². The van der Waals surface area contributed by atoms with E-state index < -0.39 is 5.60 Å². The van der Waals surface area contributed by atoms with Crippen LogP contribution in [0.2, 0.25) is 0 Å². The molecule has 2 rings (SSSR count). The molecule has 94 valence electrons. The lowest BCUT2D eigenvalue weighted by Crippen LogP contribution is -2.24. The molecule has 3 heteroatoms. The molecule has 0 radical (unpaired) electrons. The summed E-state index contributed by atoms with van der Waals surface area (Å²) in [5, 5.41) is 2.12. The molecule has 0 aliphatic carbocycles. The second-order valence-corrected chi connectivity index (χ2v) is 6.04. The van der Waals surface area contributed by atoms with Crippen LogP contribution in [0.4, 0.5) is 0 Å². The van der Waals surface area contributed by atoms with Crippen molar-refractivity contribution in [1.82, 2.24) is 0 Å². The molecule has 18 heavy (non-hydrogen) atoms. The van der Waals surface area contributed by atoms with E-state index in [9.17, 15) is 4.79 Å². The van der Waals surface area contributed by atoms with Gasteiger partial charge in [0.25, 0.3) is 0 Å². The third-order valence-electron chi connectivity index (χ3n) is 2.45. The fourth-order valence-corrected chi connectivity index (χ4v) is 2.22. The van der Waals surface area contributed by atoms with Gasteiger partial charge in [0.1, 0.15) is 5.60 Å². The highest BCUT2D eigenvalue weighted by atomic mass is 79.9.